The Morgan fingerprint density at radius 3 is 2.65 bits per heavy atom. The fraction of sp³-hybridized carbons (Fsp3) is 0.231. The van der Waals surface area contributed by atoms with Gasteiger partial charge < -0.3 is 29.9 Å². The van der Waals surface area contributed by atoms with Crippen LogP contribution in [0.1, 0.15) is 11.7 Å². The van der Waals surface area contributed by atoms with Crippen molar-refractivity contribution in [3.63, 3.8) is 0 Å². The number of H-pyrrole nitrogens is 1. The number of carbonyl (C=O) groups is 1. The molecule has 0 radical (unpaired) electrons. The number of benzene rings is 2. The number of aromatic nitrogens is 2. The number of aliphatic hydroxyl groups excluding tert-OH is 3. The number of para-hydroxylation sites is 1. The zero-order valence-corrected chi connectivity index (χ0v) is 19.0. The lowest BCUT2D eigenvalue weighted by Gasteiger charge is -2.23. The summed E-state index contributed by atoms with van der Waals surface area (Å²) in [5.41, 5.74) is 4.68. The van der Waals surface area contributed by atoms with Crippen LogP contribution in [-0.4, -0.2) is 69.5 Å². The SMILES string of the molecule is COc1ccccc1-c1c[nH]c2ncc(-c3cccc(C(O)C(=O)N(C)C[C@H](O)CO)c3)cc12. The number of hydrogen-bond acceptors (Lipinski definition) is 6. The minimum atomic E-state index is -1.40. The third-order valence-electron chi connectivity index (χ3n) is 5.77. The van der Waals surface area contributed by atoms with E-state index in [0.717, 1.165) is 39.0 Å². The van der Waals surface area contributed by atoms with Crippen LogP contribution >= 0.6 is 0 Å². The first-order valence-electron chi connectivity index (χ1n) is 10.9. The van der Waals surface area contributed by atoms with Gasteiger partial charge in [-0.3, -0.25) is 4.79 Å². The lowest BCUT2D eigenvalue weighted by atomic mass is 9.99. The van der Waals surface area contributed by atoms with Gasteiger partial charge in [0.05, 0.1) is 19.8 Å². The fourth-order valence-corrected chi connectivity index (χ4v) is 3.95. The fourth-order valence-electron chi connectivity index (χ4n) is 3.95. The highest BCUT2D eigenvalue weighted by Gasteiger charge is 2.23. The van der Waals surface area contributed by atoms with E-state index in [1.807, 2.05) is 42.6 Å². The van der Waals surface area contributed by atoms with E-state index in [0.29, 0.717) is 5.56 Å². The van der Waals surface area contributed by atoms with Gasteiger partial charge in [0, 0.05) is 48.1 Å². The Morgan fingerprint density at radius 1 is 1.09 bits per heavy atom. The summed E-state index contributed by atoms with van der Waals surface area (Å²) in [6.07, 6.45) is 1.17. The summed E-state index contributed by atoms with van der Waals surface area (Å²) in [7, 11) is 3.11. The van der Waals surface area contributed by atoms with Crippen molar-refractivity contribution < 1.29 is 24.9 Å². The van der Waals surface area contributed by atoms with Crippen LogP contribution in [0.15, 0.2) is 67.0 Å². The lowest BCUT2D eigenvalue weighted by Crippen LogP contribution is -2.38. The second-order valence-corrected chi connectivity index (χ2v) is 8.11. The molecule has 1 amide bonds. The smallest absolute Gasteiger partial charge is 0.255 e. The second kappa shape index (κ2) is 10.0. The Balaban J connectivity index is 1.67. The first kappa shape index (κ1) is 23.4. The van der Waals surface area contributed by atoms with Gasteiger partial charge >= 0.3 is 0 Å². The quantitative estimate of drug-likeness (QED) is 0.320. The number of pyridine rings is 1. The van der Waals surface area contributed by atoms with Crippen molar-refractivity contribution in [1.82, 2.24) is 14.9 Å². The summed E-state index contributed by atoms with van der Waals surface area (Å²) in [5.74, 6) is 0.190. The van der Waals surface area contributed by atoms with Gasteiger partial charge in [0.2, 0.25) is 0 Å². The predicted octanol–water partition coefficient (Wildman–Crippen LogP) is 2.75. The maximum atomic E-state index is 12.6. The van der Waals surface area contributed by atoms with Gasteiger partial charge in [-0.25, -0.2) is 4.98 Å². The maximum absolute atomic E-state index is 12.6. The molecule has 4 rings (SSSR count). The molecule has 0 aliphatic carbocycles. The van der Waals surface area contributed by atoms with Gasteiger partial charge in [-0.05, 0) is 29.3 Å². The second-order valence-electron chi connectivity index (χ2n) is 8.11. The van der Waals surface area contributed by atoms with Crippen LogP contribution in [0.2, 0.25) is 0 Å². The average molecular weight is 462 g/mol. The first-order valence-corrected chi connectivity index (χ1v) is 10.9. The minimum Gasteiger partial charge on any atom is -0.496 e. The van der Waals surface area contributed by atoms with E-state index >= 15 is 0 Å². The maximum Gasteiger partial charge on any atom is 0.255 e. The van der Waals surface area contributed by atoms with Crippen LogP contribution in [0, 0.1) is 0 Å². The summed E-state index contributed by atoms with van der Waals surface area (Å²) in [6.45, 7) is -0.541. The van der Waals surface area contributed by atoms with Gasteiger partial charge in [0.15, 0.2) is 6.10 Å². The molecule has 0 spiro atoms. The molecule has 2 atom stereocenters. The Morgan fingerprint density at radius 2 is 1.88 bits per heavy atom. The number of aromatic amines is 1. The molecular formula is C26H27N3O5. The molecular weight excluding hydrogens is 434 g/mol. The molecule has 0 fully saturated rings. The Kier molecular flexibility index (Phi) is 6.93. The van der Waals surface area contributed by atoms with E-state index in [1.165, 1.54) is 11.9 Å². The molecule has 4 N–H and O–H groups in total. The van der Waals surface area contributed by atoms with Crippen molar-refractivity contribution in [1.29, 1.82) is 0 Å². The van der Waals surface area contributed by atoms with Gasteiger partial charge in [0.25, 0.3) is 5.91 Å². The molecule has 8 heteroatoms. The molecule has 4 aromatic rings. The van der Waals surface area contributed by atoms with E-state index in [9.17, 15) is 15.0 Å². The van der Waals surface area contributed by atoms with Crippen LogP contribution in [0.25, 0.3) is 33.3 Å². The predicted molar refractivity (Wildman–Crippen MR) is 129 cm³/mol. The number of methoxy groups -OCH3 is 1. The molecule has 0 aliphatic heterocycles. The number of ether oxygens (including phenoxy) is 1. The molecule has 2 aromatic heterocycles. The normalized spacial score (nSPS) is 13.0. The van der Waals surface area contributed by atoms with Gasteiger partial charge in [0.1, 0.15) is 11.4 Å². The molecule has 8 nitrogen and oxygen atoms in total. The van der Waals surface area contributed by atoms with Crippen molar-refractivity contribution in [2.45, 2.75) is 12.2 Å². The number of carbonyl (C=O) groups excluding carboxylic acids is 1. The number of fused-ring (bicyclic) bond motifs is 1. The molecule has 0 saturated heterocycles. The third kappa shape index (κ3) is 4.65. The summed E-state index contributed by atoms with van der Waals surface area (Å²) < 4.78 is 5.52. The van der Waals surface area contributed by atoms with Crippen molar-refractivity contribution in [2.75, 3.05) is 27.3 Å². The topological polar surface area (TPSA) is 119 Å². The van der Waals surface area contributed by atoms with Crippen LogP contribution in [-0.2, 0) is 4.79 Å². The average Bonchev–Trinajstić information content (AvgIpc) is 3.30. The van der Waals surface area contributed by atoms with E-state index < -0.39 is 24.7 Å². The lowest BCUT2D eigenvalue weighted by molar-refractivity contribution is -0.140. The number of nitrogens with zero attached hydrogens (tertiary/aromatic N) is 2. The van der Waals surface area contributed by atoms with E-state index in [4.69, 9.17) is 9.84 Å². The highest BCUT2D eigenvalue weighted by atomic mass is 16.5. The zero-order chi connectivity index (χ0) is 24.2. The summed E-state index contributed by atoms with van der Waals surface area (Å²) in [5, 5.41) is 30.1. The monoisotopic (exact) mass is 461 g/mol. The Bertz CT molecular complexity index is 1300. The molecule has 2 heterocycles. The molecule has 1 unspecified atom stereocenters. The standard InChI is InChI=1S/C26H27N3O5/c1-29(14-19(31)15-30)26(33)24(32)17-7-5-6-16(10-17)18-11-21-22(13-28-25(21)27-12-18)20-8-3-4-9-23(20)34-2/h3-13,19,24,30-32H,14-15H2,1-2H3,(H,27,28)/t19-,24?/m0/s1. The van der Waals surface area contributed by atoms with Gasteiger partial charge in [-0.1, -0.05) is 36.4 Å². The van der Waals surface area contributed by atoms with E-state index in [1.54, 1.807) is 31.5 Å². The van der Waals surface area contributed by atoms with Crippen LogP contribution < -0.4 is 4.74 Å². The van der Waals surface area contributed by atoms with E-state index in [2.05, 4.69) is 9.97 Å². The zero-order valence-electron chi connectivity index (χ0n) is 19.0. The molecule has 0 saturated carbocycles. The van der Waals surface area contributed by atoms with E-state index in [-0.39, 0.29) is 6.54 Å². The minimum absolute atomic E-state index is 0.0775. The highest BCUT2D eigenvalue weighted by Crippen LogP contribution is 2.36. The first-order chi connectivity index (χ1) is 16.4. The number of likely N-dealkylation sites (N-methyl/N-ethyl adjacent to an activating group) is 1. The molecule has 2 aromatic carbocycles. The van der Waals surface area contributed by atoms with Crippen LogP contribution in [0.3, 0.4) is 0 Å². The van der Waals surface area contributed by atoms with Gasteiger partial charge in [-0.2, -0.15) is 0 Å². The number of nitrogens with one attached hydrogen (secondary N) is 1. The Hall–Kier alpha value is -3.72. The number of rotatable bonds is 8. The number of aliphatic hydroxyl groups is 3. The molecule has 34 heavy (non-hydrogen) atoms. The summed E-state index contributed by atoms with van der Waals surface area (Å²) in [4.78, 5) is 21.6. The van der Waals surface area contributed by atoms with Crippen LogP contribution in [0.5, 0.6) is 5.75 Å². The van der Waals surface area contributed by atoms with Crippen molar-refractivity contribution in [3.8, 4) is 28.0 Å². The van der Waals surface area contributed by atoms with Crippen LogP contribution in [0.4, 0.5) is 0 Å². The molecule has 176 valence electrons. The van der Waals surface area contributed by atoms with Gasteiger partial charge in [-0.15, -0.1) is 0 Å². The van der Waals surface area contributed by atoms with Crippen molar-refractivity contribution in [3.05, 3.63) is 72.6 Å². The molecule has 0 bridgehead atoms. The van der Waals surface area contributed by atoms with Crippen molar-refractivity contribution >= 4 is 16.9 Å². The largest absolute Gasteiger partial charge is 0.496 e. The number of hydrogen-bond donors (Lipinski definition) is 4. The van der Waals surface area contributed by atoms with Crippen molar-refractivity contribution in [2.24, 2.45) is 0 Å². The third-order valence-corrected chi connectivity index (χ3v) is 5.77. The Labute approximate surface area is 197 Å². The molecule has 0 aliphatic rings. The summed E-state index contributed by atoms with van der Waals surface area (Å²) >= 11 is 0. The highest BCUT2D eigenvalue weighted by molar-refractivity contribution is 5.97. The summed E-state index contributed by atoms with van der Waals surface area (Å²) in [6, 6.07) is 16.8. The number of amides is 1.